The maximum atomic E-state index is 14.8. The topological polar surface area (TPSA) is 554 Å². The zero-order valence-electron chi connectivity index (χ0n) is 119. The summed E-state index contributed by atoms with van der Waals surface area (Å²) in [6.07, 6.45) is -30.8. The third kappa shape index (κ3) is 23.8. The van der Waals surface area contributed by atoms with Crippen molar-refractivity contribution in [3.05, 3.63) is 140 Å². The number of thioether (sulfide) groups is 4. The molecule has 20 rings (SSSR count). The zero-order valence-corrected chi connectivity index (χ0v) is 80.2. The van der Waals surface area contributed by atoms with E-state index in [2.05, 4.69) is 102 Å². The molecule has 8 aliphatic carbocycles. The molecule has 8 aliphatic rings. The van der Waals surface area contributed by atoms with Crippen molar-refractivity contribution in [3.8, 4) is 0 Å². The van der Waals surface area contributed by atoms with Crippen LogP contribution in [0.5, 0.6) is 0 Å². The summed E-state index contributed by atoms with van der Waals surface area (Å²) in [7, 11) is 0. The minimum atomic E-state index is -3.47. The van der Waals surface area contributed by atoms with Crippen LogP contribution < -0.4 is 21.3 Å². The molecular formula is C96H124F4N24O16S4. The molecule has 0 unspecified atom stereocenters. The van der Waals surface area contributed by atoms with Gasteiger partial charge in [0.15, 0.2) is 88.6 Å². The summed E-state index contributed by atoms with van der Waals surface area (Å²) in [6, 6.07) is -22.0. The van der Waals surface area contributed by atoms with Crippen molar-refractivity contribution in [2.45, 2.75) is 298 Å². The summed E-state index contributed by atoms with van der Waals surface area (Å²) in [5, 5.41) is 165. The Morgan fingerprint density at radius 1 is 0.368 bits per heavy atom. The lowest BCUT2D eigenvalue weighted by Gasteiger charge is -2.17. The van der Waals surface area contributed by atoms with Gasteiger partial charge in [-0.05, 0) is 147 Å². The number of fused-ring (bicyclic) bond motifs is 4. The molecule has 0 spiro atoms. The average molecular weight is 2120 g/mol. The lowest BCUT2D eigenvalue weighted by atomic mass is 10.1. The normalized spacial score (nSPS) is 36.2. The molecule has 0 bridgehead atoms. The number of anilines is 4. The molecular weight excluding hydrogens is 1950 g/mol. The fraction of sp³-hybridized carbons (Fsp3) is 0.583. The number of nitrogens with one attached hydrogen (secondary N) is 4. The fourth-order valence-electron chi connectivity index (χ4n) is 15.9. The Hall–Kier alpha value is -9.52. The summed E-state index contributed by atoms with van der Waals surface area (Å²) < 4.78 is 429. The molecule has 48 heteroatoms. The van der Waals surface area contributed by atoms with Crippen LogP contribution in [-0.4, -0.2) is 334 Å². The molecule has 12 aromatic rings. The van der Waals surface area contributed by atoms with Crippen molar-refractivity contribution in [2.24, 2.45) is 0 Å². The largest absolute Gasteiger partial charge is 0.394 e. The van der Waals surface area contributed by atoms with Crippen molar-refractivity contribution in [1.82, 2.24) is 99.8 Å². The number of ether oxygens (including phenoxy) is 4. The minimum Gasteiger partial charge on any atom is -0.394 e. The van der Waals surface area contributed by atoms with Gasteiger partial charge in [0.2, 0.25) is 0 Å². The maximum Gasteiger partial charge on any atom is 0.191 e. The van der Waals surface area contributed by atoms with Gasteiger partial charge < -0.3 is 101 Å². The van der Waals surface area contributed by atoms with Crippen LogP contribution in [0.3, 0.4) is 0 Å². The van der Waals surface area contributed by atoms with Crippen LogP contribution in [0.4, 0.5) is 40.8 Å². The molecule has 40 nitrogen and oxygen atoms in total. The fourth-order valence-corrected chi connectivity index (χ4v) is 17.9. The number of hydrogen-bond donors (Lipinski definition) is 16. The van der Waals surface area contributed by atoms with Crippen LogP contribution in [0.15, 0.2) is 93.1 Å². The quantitative estimate of drug-likeness (QED) is 0.00969. The van der Waals surface area contributed by atoms with E-state index in [0.717, 1.165) is 25.7 Å². The number of aliphatic hydroxyl groups is 12. The SMILES string of the molecule is [2H]c1c([2H])c([C@@H]2C([2H])([2H])[C@@]2([2H])Nc2nc(SC([2H])([2H])C([2H])([2H])C)nc3c2nnn3[C@@H]2C[C@H](OCCO)[C@@H](O)[C@H]2O)c([2H])c(F)c1C.[2H]c1c([2H])c([C@@H]2C([2H])([2H])[C@@]2([2H])Nc2nc(SC([2H])([2H])CC)nc3c2nnn3[C@@H]2C[C@H](OC([2H])([2H])C([2H])([2H])O)[C@@H](O)[C@H]2O)c([2H])c(F)c1C.[2H]c1c([2H])c([C@@H]2C([2H])([2H])[C@@]2([2H])Nc2nc(SC([2H])([2H])CC)nc3c2nnn3[C@@H]2C[C@H](OC([2H])([2H])CO)[C@@H](O)[C@H]2O)c([2H])c(F)c1C.[2H]c1c([2H])c([C@@H]2C([2H])([2H])[C@@]2([2H])Nc2nc(SC([2H])([2H])CC)nc3c2nnn3[C@@H]2C[C@H](OCC([2H])([2H])O)[C@@H](O)[C@H]2O)c([2H])c(F)c1C. The standard InChI is InChI=1S/4C24H31FN6O4S/c4*1-3-8-36-24-27-22(26-16-10-14(16)13-5-4-12(2)15(25)9-13)19-23(28-24)31(30-29-19)17-11-18(35-7-6-32)21(34)20(17)33/h4*4-5,9,14,16-18,20-21,32-34H,3,6-8,10-11H2,1-2H3,(H,26,27,28)/t4*14-,16+,17+,18-,20-,21+/m0000/s1/i4D,5D,6D2,7D2,8D2,9D,10D2,16D;4D,5D,7D2,8D2,9D,10D2,16D;4D,5D,6D2,8D2,9D,10D2,16D;3D2,4D,5D,8D2,9D,10D2,16D. The van der Waals surface area contributed by atoms with E-state index in [1.54, 1.807) is 20.8 Å². The Balaban J connectivity index is 0.000000163. The highest BCUT2D eigenvalue weighted by atomic mass is 32.2. The van der Waals surface area contributed by atoms with Crippen molar-refractivity contribution < 1.29 is 155 Å². The highest BCUT2D eigenvalue weighted by Gasteiger charge is 2.51. The van der Waals surface area contributed by atoms with Crippen molar-refractivity contribution >= 4 is 115 Å². The maximum absolute atomic E-state index is 14.8. The molecule has 4 aromatic carbocycles. The van der Waals surface area contributed by atoms with Gasteiger partial charge in [0, 0.05) is 121 Å². The van der Waals surface area contributed by atoms with Gasteiger partial charge in [0.25, 0.3) is 0 Å². The smallest absolute Gasteiger partial charge is 0.191 e. The molecule has 0 aliphatic heterocycles. The van der Waals surface area contributed by atoms with E-state index in [9.17, 15) is 73.7 Å². The highest BCUT2D eigenvalue weighted by molar-refractivity contribution is 7.99. The van der Waals surface area contributed by atoms with E-state index >= 15 is 0 Å². The first kappa shape index (κ1) is 64.7. The van der Waals surface area contributed by atoms with Crippen LogP contribution >= 0.6 is 47.0 Å². The number of rotatable bonds is 40. The molecule has 16 N–H and O–H groups in total. The Kier molecular flexibility index (Phi) is 21.3. The van der Waals surface area contributed by atoms with Gasteiger partial charge >= 0.3 is 0 Å². The lowest BCUT2D eigenvalue weighted by Crippen LogP contribution is -2.33. The molecule has 24 atom stereocenters. The molecule has 0 amide bonds. The highest BCUT2D eigenvalue weighted by Crippen LogP contribution is 2.50. The summed E-state index contributed by atoms with van der Waals surface area (Å²) in [5.74, 6) is -12.3. The predicted octanol–water partition coefficient (Wildman–Crippen LogP) is 8.73. The molecule has 8 fully saturated rings. The number of aromatic nitrogens is 20. The van der Waals surface area contributed by atoms with E-state index in [1.807, 2.05) is 0 Å². The number of halogens is 4. The minimum absolute atomic E-state index is 0.00770. The molecule has 776 valence electrons. The second-order valence-corrected chi connectivity index (χ2v) is 36.3. The van der Waals surface area contributed by atoms with Crippen LogP contribution in [-0.2, 0) is 18.9 Å². The van der Waals surface area contributed by atoms with E-state index in [4.69, 9.17) is 81.6 Å². The second kappa shape index (κ2) is 47.3. The Bertz CT molecular complexity index is 8650. The first-order valence-electron chi connectivity index (χ1n) is 65.6. The first-order valence-corrected chi connectivity index (χ1v) is 47.8. The van der Waals surface area contributed by atoms with E-state index < -0.39 is 369 Å². The number of aliphatic hydroxyl groups excluding tert-OH is 10. The van der Waals surface area contributed by atoms with Crippen molar-refractivity contribution in [1.29, 1.82) is 0 Å². The number of hydrogen-bond acceptors (Lipinski definition) is 40. The monoisotopic (exact) mass is 2120 g/mol. The second-order valence-electron chi connectivity index (χ2n) is 33.0. The molecule has 0 saturated heterocycles. The lowest BCUT2D eigenvalue weighted by molar-refractivity contribution is -0.0629. The van der Waals surface area contributed by atoms with Gasteiger partial charge in [-0.25, -0.2) is 76.2 Å². The molecule has 0 radical (unpaired) electrons. The van der Waals surface area contributed by atoms with Crippen molar-refractivity contribution in [2.75, 3.05) is 96.8 Å². The zero-order chi connectivity index (χ0) is 139. The van der Waals surface area contributed by atoms with Crippen molar-refractivity contribution in [3.63, 3.8) is 0 Å². The Morgan fingerprint density at radius 2 is 0.639 bits per heavy atom. The molecule has 8 aromatic heterocycles. The molecule has 8 saturated carbocycles. The number of nitrogens with zero attached hydrogens (tertiary/aromatic N) is 20. The summed E-state index contributed by atoms with van der Waals surface area (Å²) in [6.45, 7) is -3.68. The van der Waals surface area contributed by atoms with E-state index in [0.29, 0.717) is 35.3 Å². The van der Waals surface area contributed by atoms with E-state index in [-0.39, 0.29) is 169 Å². The first-order chi connectivity index (χ1) is 85.4. The van der Waals surface area contributed by atoms with Gasteiger partial charge in [-0.2, -0.15) is 0 Å². The van der Waals surface area contributed by atoms with Gasteiger partial charge in [-0.3, -0.25) is 0 Å². The third-order valence-electron chi connectivity index (χ3n) is 23.4. The average Bonchev–Trinajstić information content (AvgIpc) is 1.51. The van der Waals surface area contributed by atoms with Gasteiger partial charge in [-0.1, -0.05) is 144 Å². The third-order valence-corrected chi connectivity index (χ3v) is 26.5. The van der Waals surface area contributed by atoms with Crippen LogP contribution in [0.25, 0.3) is 44.7 Å². The van der Waals surface area contributed by atoms with Gasteiger partial charge in [0.05, 0.1) is 134 Å². The van der Waals surface area contributed by atoms with Crippen LogP contribution in [0.2, 0.25) is 0 Å². The molecule has 144 heavy (non-hydrogen) atoms. The summed E-state index contributed by atoms with van der Waals surface area (Å²) in [5.41, 5.74) is -12.7. The van der Waals surface area contributed by atoms with Gasteiger partial charge in [-0.15, -0.1) is 20.4 Å². The Morgan fingerprint density at radius 3 is 0.896 bits per heavy atom. The van der Waals surface area contributed by atoms with Crippen LogP contribution in [0, 0.1) is 51.0 Å². The Labute approximate surface area is 902 Å². The van der Waals surface area contributed by atoms with E-state index in [1.165, 1.54) is 27.7 Å². The molecule has 8 heterocycles. The van der Waals surface area contributed by atoms with Crippen LogP contribution in [0.1, 0.15) is 254 Å². The summed E-state index contributed by atoms with van der Waals surface area (Å²) >= 11 is 2.03. The summed E-state index contributed by atoms with van der Waals surface area (Å²) in [4.78, 5) is 34.3. The van der Waals surface area contributed by atoms with Gasteiger partial charge in [0.1, 0.15) is 72.1 Å². The number of benzene rings is 4. The predicted molar refractivity (Wildman–Crippen MR) is 530 cm³/mol.